The van der Waals surface area contributed by atoms with Crippen LogP contribution in [-0.4, -0.2) is 26.7 Å². The molecule has 1 fully saturated rings. The number of aromatic nitrogens is 3. The number of nitrogens with zero attached hydrogens (tertiary/aromatic N) is 3. The van der Waals surface area contributed by atoms with E-state index >= 15 is 0 Å². The van der Waals surface area contributed by atoms with E-state index in [9.17, 15) is 4.79 Å². The molecule has 8 heteroatoms. The van der Waals surface area contributed by atoms with Gasteiger partial charge in [-0.15, -0.1) is 10.2 Å². The van der Waals surface area contributed by atoms with Crippen molar-refractivity contribution in [2.75, 3.05) is 5.32 Å². The first-order valence-corrected chi connectivity index (χ1v) is 9.49. The molecule has 0 spiro atoms. The normalized spacial score (nSPS) is 19.1. The minimum Gasteiger partial charge on any atom is -0.325 e. The second-order valence-corrected chi connectivity index (χ2v) is 7.42. The Morgan fingerprint density at radius 3 is 2.63 bits per heavy atom. The van der Waals surface area contributed by atoms with Gasteiger partial charge in [-0.25, -0.2) is 10.9 Å². The zero-order valence-corrected chi connectivity index (χ0v) is 15.6. The molecule has 7 nitrogen and oxygen atoms in total. The van der Waals surface area contributed by atoms with Crippen molar-refractivity contribution in [1.29, 1.82) is 0 Å². The van der Waals surface area contributed by atoms with Crippen LogP contribution in [0.3, 0.4) is 0 Å². The smallest absolute Gasteiger partial charge is 0.242 e. The van der Waals surface area contributed by atoms with E-state index in [0.717, 1.165) is 15.7 Å². The largest absolute Gasteiger partial charge is 0.325 e. The third kappa shape index (κ3) is 4.19. The standard InChI is InChI=1S/C19H20N6OS/c1-25-12-20-24-19(25)27-15-9-7-14(8-10-15)21-18(26)17-11-16(22-23-17)13-5-3-2-4-6-13/h2-10,12,16-17,22-23H,11H2,1H3,(H,21,26). The summed E-state index contributed by atoms with van der Waals surface area (Å²) in [7, 11) is 1.91. The van der Waals surface area contributed by atoms with E-state index in [2.05, 4.69) is 38.5 Å². The van der Waals surface area contributed by atoms with E-state index in [-0.39, 0.29) is 18.0 Å². The molecule has 1 aliphatic rings. The number of hydrazine groups is 1. The van der Waals surface area contributed by atoms with Crippen molar-refractivity contribution in [2.45, 2.75) is 28.6 Å². The van der Waals surface area contributed by atoms with Gasteiger partial charge in [-0.2, -0.15) is 0 Å². The number of carbonyl (C=O) groups is 1. The maximum absolute atomic E-state index is 12.5. The molecule has 2 atom stereocenters. The van der Waals surface area contributed by atoms with Gasteiger partial charge in [0.15, 0.2) is 5.16 Å². The summed E-state index contributed by atoms with van der Waals surface area (Å²) >= 11 is 1.53. The lowest BCUT2D eigenvalue weighted by Gasteiger charge is -2.11. The van der Waals surface area contributed by atoms with Crippen molar-refractivity contribution in [2.24, 2.45) is 7.05 Å². The Labute approximate surface area is 161 Å². The number of aryl methyl sites for hydroxylation is 1. The quantitative estimate of drug-likeness (QED) is 0.631. The SMILES string of the molecule is Cn1cnnc1Sc1ccc(NC(=O)C2CC(c3ccccc3)NN2)cc1. The maximum Gasteiger partial charge on any atom is 0.242 e. The van der Waals surface area contributed by atoms with Crippen LogP contribution >= 0.6 is 11.8 Å². The van der Waals surface area contributed by atoms with Crippen molar-refractivity contribution in [3.05, 3.63) is 66.5 Å². The molecule has 1 amide bonds. The van der Waals surface area contributed by atoms with E-state index in [0.29, 0.717) is 6.42 Å². The zero-order chi connectivity index (χ0) is 18.6. The van der Waals surface area contributed by atoms with Crippen LogP contribution in [0.15, 0.2) is 71.0 Å². The highest BCUT2D eigenvalue weighted by Crippen LogP contribution is 2.27. The molecular weight excluding hydrogens is 360 g/mol. The van der Waals surface area contributed by atoms with Crippen LogP contribution in [-0.2, 0) is 11.8 Å². The van der Waals surface area contributed by atoms with Crippen LogP contribution in [0.1, 0.15) is 18.0 Å². The molecule has 138 valence electrons. The van der Waals surface area contributed by atoms with Gasteiger partial charge in [0.1, 0.15) is 12.4 Å². The second-order valence-electron chi connectivity index (χ2n) is 6.38. The van der Waals surface area contributed by atoms with Gasteiger partial charge in [0, 0.05) is 23.7 Å². The highest BCUT2D eigenvalue weighted by molar-refractivity contribution is 7.99. The van der Waals surface area contributed by atoms with Crippen LogP contribution in [0.5, 0.6) is 0 Å². The lowest BCUT2D eigenvalue weighted by molar-refractivity contribution is -0.117. The molecular formula is C19H20N6OS. The number of amides is 1. The number of benzene rings is 2. The van der Waals surface area contributed by atoms with Crippen molar-refractivity contribution >= 4 is 23.4 Å². The van der Waals surface area contributed by atoms with E-state index in [1.54, 1.807) is 6.33 Å². The number of carbonyl (C=O) groups excluding carboxylic acids is 1. The number of hydrogen-bond donors (Lipinski definition) is 3. The van der Waals surface area contributed by atoms with Gasteiger partial charge in [0.05, 0.1) is 0 Å². The first kappa shape index (κ1) is 17.7. The molecule has 0 radical (unpaired) electrons. The minimum absolute atomic E-state index is 0.0466. The molecule has 2 heterocycles. The predicted molar refractivity (Wildman–Crippen MR) is 104 cm³/mol. The summed E-state index contributed by atoms with van der Waals surface area (Å²) < 4.78 is 1.86. The van der Waals surface area contributed by atoms with Crippen LogP contribution < -0.4 is 16.2 Å². The van der Waals surface area contributed by atoms with E-state index < -0.39 is 0 Å². The third-order valence-electron chi connectivity index (χ3n) is 4.42. The molecule has 0 aliphatic carbocycles. The summed E-state index contributed by atoms with van der Waals surface area (Å²) in [4.78, 5) is 13.6. The Morgan fingerprint density at radius 2 is 1.93 bits per heavy atom. The highest BCUT2D eigenvalue weighted by atomic mass is 32.2. The topological polar surface area (TPSA) is 83.9 Å². The average molecular weight is 380 g/mol. The highest BCUT2D eigenvalue weighted by Gasteiger charge is 2.30. The van der Waals surface area contributed by atoms with Crippen LogP contribution in [0.2, 0.25) is 0 Å². The second kappa shape index (κ2) is 7.91. The fraction of sp³-hybridized carbons (Fsp3) is 0.211. The summed E-state index contributed by atoms with van der Waals surface area (Å²) in [5, 5.41) is 11.7. The molecule has 3 aromatic rings. The fourth-order valence-corrected chi connectivity index (χ4v) is 3.70. The molecule has 2 aromatic carbocycles. The van der Waals surface area contributed by atoms with Gasteiger partial charge >= 0.3 is 0 Å². The van der Waals surface area contributed by atoms with Gasteiger partial charge in [-0.1, -0.05) is 30.3 Å². The Bertz CT molecular complexity index is 911. The molecule has 0 bridgehead atoms. The molecule has 1 aromatic heterocycles. The van der Waals surface area contributed by atoms with Crippen molar-refractivity contribution in [3.63, 3.8) is 0 Å². The summed E-state index contributed by atoms with van der Waals surface area (Å²) in [6, 6.07) is 17.7. The number of rotatable bonds is 5. The van der Waals surface area contributed by atoms with Gasteiger partial charge in [-0.05, 0) is 48.0 Å². The summed E-state index contributed by atoms with van der Waals surface area (Å²) in [5.74, 6) is -0.0466. The molecule has 1 aliphatic heterocycles. The lowest BCUT2D eigenvalue weighted by atomic mass is 10.0. The molecule has 2 unspecified atom stereocenters. The van der Waals surface area contributed by atoms with Crippen LogP contribution in [0, 0.1) is 0 Å². The molecule has 0 saturated carbocycles. The summed E-state index contributed by atoms with van der Waals surface area (Å²) in [6.07, 6.45) is 2.37. The Kier molecular flexibility index (Phi) is 5.19. The third-order valence-corrected chi connectivity index (χ3v) is 5.48. The molecule has 4 rings (SSSR count). The summed E-state index contributed by atoms with van der Waals surface area (Å²) in [6.45, 7) is 0. The lowest BCUT2D eigenvalue weighted by Crippen LogP contribution is -2.39. The van der Waals surface area contributed by atoms with E-state index in [1.165, 1.54) is 17.3 Å². The fourth-order valence-electron chi connectivity index (χ4n) is 2.94. The van der Waals surface area contributed by atoms with Gasteiger partial charge < -0.3 is 9.88 Å². The first-order chi connectivity index (χ1) is 13.2. The molecule has 27 heavy (non-hydrogen) atoms. The number of anilines is 1. The van der Waals surface area contributed by atoms with E-state index in [1.807, 2.05) is 54.1 Å². The minimum atomic E-state index is -0.275. The maximum atomic E-state index is 12.5. The number of nitrogens with one attached hydrogen (secondary N) is 3. The average Bonchev–Trinajstić information content (AvgIpc) is 3.34. The number of hydrogen-bond acceptors (Lipinski definition) is 6. The van der Waals surface area contributed by atoms with Crippen molar-refractivity contribution < 1.29 is 4.79 Å². The van der Waals surface area contributed by atoms with Gasteiger partial charge in [0.25, 0.3) is 0 Å². The van der Waals surface area contributed by atoms with Crippen LogP contribution in [0.25, 0.3) is 0 Å². The Hall–Kier alpha value is -2.68. The van der Waals surface area contributed by atoms with E-state index in [4.69, 9.17) is 0 Å². The van der Waals surface area contributed by atoms with Crippen LogP contribution in [0.4, 0.5) is 5.69 Å². The monoisotopic (exact) mass is 380 g/mol. The predicted octanol–water partition coefficient (Wildman–Crippen LogP) is 2.51. The Morgan fingerprint density at radius 1 is 1.15 bits per heavy atom. The molecule has 3 N–H and O–H groups in total. The zero-order valence-electron chi connectivity index (χ0n) is 14.8. The summed E-state index contributed by atoms with van der Waals surface area (Å²) in [5.41, 5.74) is 8.23. The Balaban J connectivity index is 1.34. The van der Waals surface area contributed by atoms with Gasteiger partial charge in [0.2, 0.25) is 5.91 Å². The molecule has 1 saturated heterocycles. The first-order valence-electron chi connectivity index (χ1n) is 8.68. The van der Waals surface area contributed by atoms with Crippen molar-refractivity contribution in [1.82, 2.24) is 25.6 Å². The van der Waals surface area contributed by atoms with Crippen molar-refractivity contribution in [3.8, 4) is 0 Å². The van der Waals surface area contributed by atoms with Gasteiger partial charge in [-0.3, -0.25) is 4.79 Å².